The van der Waals surface area contributed by atoms with Crippen molar-refractivity contribution in [2.24, 2.45) is 0 Å². The highest BCUT2D eigenvalue weighted by molar-refractivity contribution is 9.10. The van der Waals surface area contributed by atoms with Gasteiger partial charge < -0.3 is 10.2 Å². The third kappa shape index (κ3) is 4.83. The molecule has 0 saturated carbocycles. The van der Waals surface area contributed by atoms with Crippen LogP contribution in [-0.2, 0) is 4.79 Å². The van der Waals surface area contributed by atoms with Crippen LogP contribution < -0.4 is 5.32 Å². The molecule has 4 heterocycles. The van der Waals surface area contributed by atoms with Crippen LogP contribution in [0.5, 0.6) is 0 Å². The van der Waals surface area contributed by atoms with Gasteiger partial charge in [0, 0.05) is 46.7 Å². The van der Waals surface area contributed by atoms with Crippen LogP contribution >= 0.6 is 38.9 Å². The summed E-state index contributed by atoms with van der Waals surface area (Å²) in [7, 11) is 0. The van der Waals surface area contributed by atoms with Crippen LogP contribution in [0, 0.1) is 0 Å². The molecule has 1 saturated heterocycles. The highest BCUT2D eigenvalue weighted by Gasteiger charge is 2.23. The molecule has 4 aromatic rings. The van der Waals surface area contributed by atoms with Crippen molar-refractivity contribution in [3.05, 3.63) is 74.5 Å². The summed E-state index contributed by atoms with van der Waals surface area (Å²) >= 11 is 11.6. The molecule has 0 unspecified atom stereocenters. The third-order valence-corrected chi connectivity index (χ3v) is 7.40. The number of hydrogen-bond donors (Lipinski definition) is 1. The Morgan fingerprint density at radius 2 is 2.03 bits per heavy atom. The minimum Gasteiger partial charge on any atom is -0.367 e. The summed E-state index contributed by atoms with van der Waals surface area (Å²) in [5.41, 5.74) is 2.38. The van der Waals surface area contributed by atoms with Crippen molar-refractivity contribution in [1.82, 2.24) is 19.5 Å². The molecular weight excluding hydrogens is 522 g/mol. The number of benzene rings is 1. The first-order chi connectivity index (χ1) is 16.1. The van der Waals surface area contributed by atoms with E-state index in [1.807, 2.05) is 58.8 Å². The van der Waals surface area contributed by atoms with Gasteiger partial charge in [0.2, 0.25) is 5.91 Å². The molecule has 168 valence electrons. The molecule has 0 radical (unpaired) electrons. The Kier molecular flexibility index (Phi) is 6.48. The number of anilines is 1. The van der Waals surface area contributed by atoms with Crippen LogP contribution in [-0.4, -0.2) is 44.5 Å². The first kappa shape index (κ1) is 22.1. The average molecular weight is 543 g/mol. The Bertz CT molecular complexity index is 1310. The number of piperidine rings is 1. The zero-order chi connectivity index (χ0) is 22.8. The zero-order valence-corrected chi connectivity index (χ0v) is 20.8. The maximum Gasteiger partial charge on any atom is 0.246 e. The van der Waals surface area contributed by atoms with Gasteiger partial charge in [0.1, 0.15) is 5.82 Å². The maximum atomic E-state index is 12.6. The number of nitrogens with zero attached hydrogens (tertiary/aromatic N) is 4. The summed E-state index contributed by atoms with van der Waals surface area (Å²) in [4.78, 5) is 20.3. The largest absolute Gasteiger partial charge is 0.367 e. The molecule has 1 aliphatic rings. The molecule has 0 atom stereocenters. The Morgan fingerprint density at radius 1 is 1.21 bits per heavy atom. The Balaban J connectivity index is 1.32. The van der Waals surface area contributed by atoms with Gasteiger partial charge in [-0.25, -0.2) is 4.98 Å². The molecule has 33 heavy (non-hydrogen) atoms. The number of amides is 1. The fourth-order valence-corrected chi connectivity index (χ4v) is 5.14. The van der Waals surface area contributed by atoms with Gasteiger partial charge in [-0.15, -0.1) is 11.3 Å². The van der Waals surface area contributed by atoms with Gasteiger partial charge in [-0.1, -0.05) is 35.9 Å². The van der Waals surface area contributed by atoms with Crippen LogP contribution in [0.25, 0.3) is 23.0 Å². The number of carbonyl (C=O) groups is 1. The molecule has 3 aromatic heterocycles. The number of rotatable bonds is 5. The fraction of sp³-hybridized carbons (Fsp3) is 0.208. The Hall–Kier alpha value is -2.68. The van der Waals surface area contributed by atoms with Crippen molar-refractivity contribution >= 4 is 62.3 Å². The van der Waals surface area contributed by atoms with E-state index in [0.29, 0.717) is 18.1 Å². The van der Waals surface area contributed by atoms with E-state index in [4.69, 9.17) is 16.6 Å². The average Bonchev–Trinajstić information content (AvgIpc) is 3.48. The quantitative estimate of drug-likeness (QED) is 0.315. The normalized spacial score (nSPS) is 14.9. The number of nitrogens with one attached hydrogen (secondary N) is 1. The second kappa shape index (κ2) is 9.67. The van der Waals surface area contributed by atoms with Crippen LogP contribution in [0.4, 0.5) is 5.82 Å². The predicted octanol–water partition coefficient (Wildman–Crippen LogP) is 5.99. The van der Waals surface area contributed by atoms with E-state index in [2.05, 4.69) is 26.3 Å². The van der Waals surface area contributed by atoms with Gasteiger partial charge in [0.05, 0.1) is 16.4 Å². The lowest BCUT2D eigenvalue weighted by Crippen LogP contribution is -2.42. The smallest absolute Gasteiger partial charge is 0.246 e. The van der Waals surface area contributed by atoms with Gasteiger partial charge in [0.15, 0.2) is 5.65 Å². The number of thiophene rings is 1. The molecule has 1 amide bonds. The summed E-state index contributed by atoms with van der Waals surface area (Å²) < 4.78 is 2.61. The summed E-state index contributed by atoms with van der Waals surface area (Å²) in [6, 6.07) is 13.9. The summed E-state index contributed by atoms with van der Waals surface area (Å²) in [6.07, 6.45) is 7.00. The summed E-state index contributed by atoms with van der Waals surface area (Å²) in [6.45, 7) is 1.42. The molecule has 5 rings (SSSR count). The monoisotopic (exact) mass is 541 g/mol. The lowest BCUT2D eigenvalue weighted by Gasteiger charge is -2.32. The Labute approximate surface area is 209 Å². The van der Waals surface area contributed by atoms with E-state index in [9.17, 15) is 4.79 Å². The van der Waals surface area contributed by atoms with Gasteiger partial charge in [-0.05, 0) is 52.4 Å². The van der Waals surface area contributed by atoms with E-state index in [-0.39, 0.29) is 11.9 Å². The highest BCUT2D eigenvalue weighted by atomic mass is 79.9. The minimum absolute atomic E-state index is 0.0603. The van der Waals surface area contributed by atoms with Crippen LogP contribution in [0.2, 0.25) is 5.02 Å². The lowest BCUT2D eigenvalue weighted by molar-refractivity contribution is -0.126. The molecule has 6 nitrogen and oxygen atoms in total. The van der Waals surface area contributed by atoms with Gasteiger partial charge in [0.25, 0.3) is 0 Å². The molecule has 0 bridgehead atoms. The summed E-state index contributed by atoms with van der Waals surface area (Å²) in [5, 5.41) is 10.8. The molecule has 0 spiro atoms. The topological polar surface area (TPSA) is 62.5 Å². The molecular formula is C24H21BrClN5OS. The first-order valence-electron chi connectivity index (χ1n) is 10.6. The molecule has 0 aliphatic carbocycles. The Morgan fingerprint density at radius 3 is 2.79 bits per heavy atom. The van der Waals surface area contributed by atoms with Crippen LogP contribution in [0.15, 0.2) is 64.6 Å². The van der Waals surface area contributed by atoms with Gasteiger partial charge in [-0.3, -0.25) is 4.79 Å². The number of aromatic nitrogens is 3. The van der Waals surface area contributed by atoms with E-state index in [1.54, 1.807) is 28.1 Å². The van der Waals surface area contributed by atoms with Crippen molar-refractivity contribution < 1.29 is 4.79 Å². The molecule has 1 fully saturated rings. The van der Waals surface area contributed by atoms with Gasteiger partial charge in [-0.2, -0.15) is 9.61 Å². The summed E-state index contributed by atoms with van der Waals surface area (Å²) in [5.74, 6) is 0.910. The van der Waals surface area contributed by atoms with Crippen molar-refractivity contribution in [3.8, 4) is 11.3 Å². The highest BCUT2D eigenvalue weighted by Crippen LogP contribution is 2.31. The number of fused-ring (bicyclic) bond motifs is 1. The molecule has 1 N–H and O–H groups in total. The number of hydrogen-bond acceptors (Lipinski definition) is 5. The molecule has 1 aliphatic heterocycles. The number of likely N-dealkylation sites (tertiary alicyclic amines) is 1. The molecule has 9 heteroatoms. The third-order valence-electron chi connectivity index (χ3n) is 5.67. The van der Waals surface area contributed by atoms with E-state index < -0.39 is 0 Å². The number of halogens is 2. The second-order valence-corrected chi connectivity index (χ2v) is 10.1. The second-order valence-electron chi connectivity index (χ2n) is 7.83. The fourth-order valence-electron chi connectivity index (χ4n) is 3.94. The van der Waals surface area contributed by atoms with E-state index in [1.165, 1.54) is 0 Å². The minimum atomic E-state index is 0.0603. The van der Waals surface area contributed by atoms with Crippen molar-refractivity contribution in [1.29, 1.82) is 0 Å². The van der Waals surface area contributed by atoms with E-state index in [0.717, 1.165) is 44.9 Å². The molecule has 1 aromatic carbocycles. The van der Waals surface area contributed by atoms with Crippen molar-refractivity contribution in [2.45, 2.75) is 18.9 Å². The SMILES string of the molecule is O=C(C=Cc1cccs1)N1CCC(Nc2cc(-c3ccccc3Cl)nc3c(Br)cnn23)CC1. The van der Waals surface area contributed by atoms with E-state index >= 15 is 0 Å². The van der Waals surface area contributed by atoms with Crippen molar-refractivity contribution in [2.75, 3.05) is 18.4 Å². The van der Waals surface area contributed by atoms with Crippen LogP contribution in [0.3, 0.4) is 0 Å². The van der Waals surface area contributed by atoms with Crippen molar-refractivity contribution in [3.63, 3.8) is 0 Å². The van der Waals surface area contributed by atoms with Gasteiger partial charge >= 0.3 is 0 Å². The maximum absolute atomic E-state index is 12.6. The lowest BCUT2D eigenvalue weighted by atomic mass is 10.0. The zero-order valence-electron chi connectivity index (χ0n) is 17.6. The standard InChI is InChI=1S/C24H21BrClN5OS/c25-19-15-27-31-22(14-21(29-24(19)31)18-5-1-2-6-20(18)26)28-16-9-11-30(12-10-16)23(32)8-7-17-4-3-13-33-17/h1-8,13-16,28H,9-12H2. The number of carbonyl (C=O) groups excluding carboxylic acids is 1. The first-order valence-corrected chi connectivity index (χ1v) is 12.7. The van der Waals surface area contributed by atoms with Crippen LogP contribution in [0.1, 0.15) is 17.7 Å². The predicted molar refractivity (Wildman–Crippen MR) is 138 cm³/mol.